The van der Waals surface area contributed by atoms with Crippen molar-refractivity contribution in [3.05, 3.63) is 0 Å². The van der Waals surface area contributed by atoms with Crippen LogP contribution in [-0.4, -0.2) is 38.5 Å². The number of ether oxygens (including phenoxy) is 2. The van der Waals surface area contributed by atoms with Gasteiger partial charge in [0.15, 0.2) is 0 Å². The summed E-state index contributed by atoms with van der Waals surface area (Å²) >= 11 is 0. The maximum Gasteiger partial charge on any atom is 0.311 e. The van der Waals surface area contributed by atoms with Crippen LogP contribution < -0.4 is 0 Å². The summed E-state index contributed by atoms with van der Waals surface area (Å²) in [6.07, 6.45) is 0.404. The quantitative estimate of drug-likeness (QED) is 0.357. The van der Waals surface area contributed by atoms with Crippen LogP contribution >= 0.6 is 0 Å². The van der Waals surface area contributed by atoms with Crippen LogP contribution in [0.1, 0.15) is 19.8 Å². The maximum absolute atomic E-state index is 11.1. The first-order valence-corrected chi connectivity index (χ1v) is 4.72. The predicted octanol–water partition coefficient (Wildman–Crippen LogP) is 0.941. The van der Waals surface area contributed by atoms with Crippen molar-refractivity contribution in [1.82, 2.24) is 0 Å². The molecule has 0 aromatic rings. The summed E-state index contributed by atoms with van der Waals surface area (Å²) in [4.78, 5) is 15.2. The Morgan fingerprint density at radius 2 is 2.20 bits per heavy atom. The highest BCUT2D eigenvalue weighted by Gasteiger charge is 2.04. The van der Waals surface area contributed by atoms with Gasteiger partial charge in [-0.1, -0.05) is 0 Å². The van der Waals surface area contributed by atoms with Gasteiger partial charge in [-0.15, -0.1) is 0 Å². The van der Waals surface area contributed by atoms with Gasteiger partial charge in [0.2, 0.25) is 0 Å². The van der Waals surface area contributed by atoms with Crippen molar-refractivity contribution in [3.8, 4) is 6.07 Å². The van der Waals surface area contributed by atoms with Crippen LogP contribution in [0.5, 0.6) is 0 Å². The summed E-state index contributed by atoms with van der Waals surface area (Å²) < 4.78 is 9.60. The summed E-state index contributed by atoms with van der Waals surface area (Å²) in [6, 6.07) is 1.89. The second-order valence-corrected chi connectivity index (χ2v) is 2.92. The van der Waals surface area contributed by atoms with Crippen molar-refractivity contribution < 1.29 is 14.3 Å². The van der Waals surface area contributed by atoms with Gasteiger partial charge in [0, 0.05) is 12.8 Å². The number of hydrogen-bond donors (Lipinski definition) is 0. The molecule has 0 aliphatic heterocycles. The Kier molecular flexibility index (Phi) is 8.30. The molecule has 15 heavy (non-hydrogen) atoms. The van der Waals surface area contributed by atoms with Gasteiger partial charge in [-0.2, -0.15) is 5.26 Å². The molecule has 84 valence electrons. The fourth-order valence-corrected chi connectivity index (χ4v) is 0.854. The smallest absolute Gasteiger partial charge is 0.311 e. The van der Waals surface area contributed by atoms with Crippen LogP contribution in [-0.2, 0) is 14.3 Å². The third kappa shape index (κ3) is 8.91. The van der Waals surface area contributed by atoms with Gasteiger partial charge in [-0.05, 0) is 6.92 Å². The lowest BCUT2D eigenvalue weighted by Gasteiger charge is -2.02. The van der Waals surface area contributed by atoms with E-state index in [2.05, 4.69) is 4.99 Å². The van der Waals surface area contributed by atoms with E-state index in [9.17, 15) is 4.79 Å². The van der Waals surface area contributed by atoms with Crippen molar-refractivity contribution in [3.63, 3.8) is 0 Å². The topological polar surface area (TPSA) is 71.7 Å². The number of rotatable bonds is 7. The van der Waals surface area contributed by atoms with E-state index in [4.69, 9.17) is 14.7 Å². The molecule has 0 aliphatic rings. The molecule has 0 fully saturated rings. The minimum absolute atomic E-state index is 0.153. The number of carbonyl (C=O) groups excluding carboxylic acids is 1. The Bertz CT molecular complexity index is 256. The van der Waals surface area contributed by atoms with E-state index in [-0.39, 0.29) is 25.4 Å². The van der Waals surface area contributed by atoms with Crippen LogP contribution in [0.2, 0.25) is 0 Å². The highest BCUT2D eigenvalue weighted by molar-refractivity contribution is 5.97. The molecule has 0 bridgehead atoms. The standard InChI is InChI=1S/C10H16N2O3/c1-9(12-5-7-14-2)8-10(13)15-6-3-4-11/h3,5-8H2,1-2H3. The van der Waals surface area contributed by atoms with Crippen LogP contribution in [0.15, 0.2) is 4.99 Å². The number of nitrogens with zero attached hydrogens (tertiary/aromatic N) is 2. The van der Waals surface area contributed by atoms with Crippen LogP contribution in [0.3, 0.4) is 0 Å². The number of hydrogen-bond acceptors (Lipinski definition) is 5. The predicted molar refractivity (Wildman–Crippen MR) is 55.7 cm³/mol. The van der Waals surface area contributed by atoms with E-state index in [1.165, 1.54) is 0 Å². The van der Waals surface area contributed by atoms with Crippen molar-refractivity contribution in [2.75, 3.05) is 26.9 Å². The molecule has 5 nitrogen and oxygen atoms in total. The molecule has 0 aromatic heterocycles. The third-order valence-electron chi connectivity index (χ3n) is 1.55. The van der Waals surface area contributed by atoms with Crippen molar-refractivity contribution in [1.29, 1.82) is 5.26 Å². The lowest BCUT2D eigenvalue weighted by molar-refractivity contribution is -0.141. The first-order valence-electron chi connectivity index (χ1n) is 4.72. The van der Waals surface area contributed by atoms with Crippen LogP contribution in [0.25, 0.3) is 0 Å². The lowest BCUT2D eigenvalue weighted by atomic mass is 10.3. The first-order chi connectivity index (χ1) is 7.20. The van der Waals surface area contributed by atoms with E-state index in [1.807, 2.05) is 6.07 Å². The molecule has 0 aliphatic carbocycles. The molecule has 0 saturated carbocycles. The van der Waals surface area contributed by atoms with Gasteiger partial charge < -0.3 is 9.47 Å². The molecule has 0 radical (unpaired) electrons. The minimum atomic E-state index is -0.344. The van der Waals surface area contributed by atoms with Crippen LogP contribution in [0.4, 0.5) is 0 Å². The normalized spacial score (nSPS) is 10.9. The Hall–Kier alpha value is -1.41. The number of nitriles is 1. The highest BCUT2D eigenvalue weighted by atomic mass is 16.5. The summed E-state index contributed by atoms with van der Waals surface area (Å²) in [6.45, 7) is 3.01. The fourth-order valence-electron chi connectivity index (χ4n) is 0.854. The number of aliphatic imine (C=N–C) groups is 1. The highest BCUT2D eigenvalue weighted by Crippen LogP contribution is 1.92. The van der Waals surface area contributed by atoms with Crippen molar-refractivity contribution in [2.24, 2.45) is 4.99 Å². The fraction of sp³-hybridized carbons (Fsp3) is 0.700. The Balaban J connectivity index is 3.66. The Morgan fingerprint density at radius 3 is 2.80 bits per heavy atom. The van der Waals surface area contributed by atoms with E-state index < -0.39 is 0 Å². The zero-order valence-electron chi connectivity index (χ0n) is 9.15. The molecular formula is C10H16N2O3. The SMILES string of the molecule is COCCN=C(C)CC(=O)OCCC#N. The van der Waals surface area contributed by atoms with E-state index >= 15 is 0 Å². The third-order valence-corrected chi connectivity index (χ3v) is 1.55. The average Bonchev–Trinajstić information content (AvgIpc) is 2.18. The van der Waals surface area contributed by atoms with E-state index in [1.54, 1.807) is 14.0 Å². The van der Waals surface area contributed by atoms with Gasteiger partial charge in [-0.3, -0.25) is 9.79 Å². The van der Waals surface area contributed by atoms with Crippen molar-refractivity contribution >= 4 is 11.7 Å². The summed E-state index contributed by atoms with van der Waals surface area (Å²) in [7, 11) is 1.60. The Morgan fingerprint density at radius 1 is 1.47 bits per heavy atom. The zero-order chi connectivity index (χ0) is 11.5. The molecule has 0 spiro atoms. The molecule has 0 amide bonds. The lowest BCUT2D eigenvalue weighted by Crippen LogP contribution is -2.10. The van der Waals surface area contributed by atoms with Gasteiger partial charge >= 0.3 is 5.97 Å². The number of methoxy groups -OCH3 is 1. The van der Waals surface area contributed by atoms with Crippen LogP contribution in [0, 0.1) is 11.3 Å². The molecule has 0 heterocycles. The number of esters is 1. The van der Waals surface area contributed by atoms with E-state index in [0.717, 1.165) is 0 Å². The van der Waals surface area contributed by atoms with Gasteiger partial charge in [0.1, 0.15) is 6.61 Å². The summed E-state index contributed by atoms with van der Waals surface area (Å²) in [5.74, 6) is -0.344. The first kappa shape index (κ1) is 13.6. The maximum atomic E-state index is 11.1. The molecule has 0 atom stereocenters. The average molecular weight is 212 g/mol. The summed E-state index contributed by atoms with van der Waals surface area (Å²) in [5.41, 5.74) is 0.717. The van der Waals surface area contributed by atoms with E-state index in [0.29, 0.717) is 18.9 Å². The molecule has 0 unspecified atom stereocenters. The zero-order valence-corrected chi connectivity index (χ0v) is 9.15. The monoisotopic (exact) mass is 212 g/mol. The van der Waals surface area contributed by atoms with Gasteiger partial charge in [0.25, 0.3) is 0 Å². The molecule has 0 aromatic carbocycles. The molecular weight excluding hydrogens is 196 g/mol. The minimum Gasteiger partial charge on any atom is -0.464 e. The second kappa shape index (κ2) is 9.16. The molecule has 0 N–H and O–H groups in total. The molecule has 5 heteroatoms. The molecule has 0 rings (SSSR count). The Labute approximate surface area is 89.7 Å². The van der Waals surface area contributed by atoms with Gasteiger partial charge in [-0.25, -0.2) is 0 Å². The van der Waals surface area contributed by atoms with Crippen molar-refractivity contribution in [2.45, 2.75) is 19.8 Å². The summed E-state index contributed by atoms with van der Waals surface area (Å²) in [5, 5.41) is 8.23. The second-order valence-electron chi connectivity index (χ2n) is 2.92. The van der Waals surface area contributed by atoms with Gasteiger partial charge in [0.05, 0.1) is 32.1 Å². The number of carbonyl (C=O) groups is 1. The largest absolute Gasteiger partial charge is 0.464 e. The molecule has 0 saturated heterocycles.